The zero-order valence-corrected chi connectivity index (χ0v) is 9.98. The summed E-state index contributed by atoms with van der Waals surface area (Å²) in [7, 11) is 0. The molecule has 0 saturated heterocycles. The van der Waals surface area contributed by atoms with Gasteiger partial charge in [0, 0.05) is 12.8 Å². The SMILES string of the molecule is C=CCC(=C)OC(=C)CC=C.CC(O)CO. The number of aliphatic hydroxyl groups is 2. The second kappa shape index (κ2) is 11.8. The van der Waals surface area contributed by atoms with Crippen LogP contribution in [-0.2, 0) is 4.74 Å². The third kappa shape index (κ3) is 15.2. The third-order valence-corrected chi connectivity index (χ3v) is 1.30. The second-order valence-corrected chi connectivity index (χ2v) is 3.20. The minimum Gasteiger partial charge on any atom is -0.467 e. The van der Waals surface area contributed by atoms with Gasteiger partial charge in [-0.2, -0.15) is 0 Å². The van der Waals surface area contributed by atoms with Gasteiger partial charge in [-0.15, -0.1) is 13.2 Å². The van der Waals surface area contributed by atoms with Crippen molar-refractivity contribution in [1.29, 1.82) is 0 Å². The molecule has 1 atom stereocenters. The maximum absolute atomic E-state index is 8.11. The van der Waals surface area contributed by atoms with Gasteiger partial charge in [-0.3, -0.25) is 0 Å². The Morgan fingerprint density at radius 3 is 1.69 bits per heavy atom. The molecule has 92 valence electrons. The van der Waals surface area contributed by atoms with Gasteiger partial charge >= 0.3 is 0 Å². The second-order valence-electron chi connectivity index (χ2n) is 3.20. The lowest BCUT2D eigenvalue weighted by molar-refractivity contribution is 0.110. The molecule has 2 N–H and O–H groups in total. The number of rotatable bonds is 7. The lowest BCUT2D eigenvalue weighted by Crippen LogP contribution is -2.03. The molecule has 0 aromatic rings. The molecule has 0 aromatic heterocycles. The van der Waals surface area contributed by atoms with Gasteiger partial charge in [-0.25, -0.2) is 0 Å². The van der Waals surface area contributed by atoms with Crippen molar-refractivity contribution in [2.45, 2.75) is 25.9 Å². The van der Waals surface area contributed by atoms with Crippen LogP contribution in [0.5, 0.6) is 0 Å². The van der Waals surface area contributed by atoms with E-state index in [1.54, 1.807) is 12.2 Å². The maximum atomic E-state index is 8.11. The van der Waals surface area contributed by atoms with Crippen LogP contribution in [0, 0.1) is 0 Å². The van der Waals surface area contributed by atoms with Gasteiger partial charge in [0.05, 0.1) is 12.7 Å². The van der Waals surface area contributed by atoms with Crippen molar-refractivity contribution in [2.24, 2.45) is 0 Å². The van der Waals surface area contributed by atoms with Gasteiger partial charge in [0.2, 0.25) is 0 Å². The van der Waals surface area contributed by atoms with Crippen LogP contribution in [0.25, 0.3) is 0 Å². The molecule has 0 aliphatic carbocycles. The van der Waals surface area contributed by atoms with Gasteiger partial charge in [-0.1, -0.05) is 25.3 Å². The lowest BCUT2D eigenvalue weighted by Gasteiger charge is -2.06. The first-order valence-corrected chi connectivity index (χ1v) is 5.02. The fraction of sp³-hybridized carbons (Fsp3) is 0.385. The molecule has 3 heteroatoms. The quantitative estimate of drug-likeness (QED) is 0.518. The maximum Gasteiger partial charge on any atom is 0.100 e. The molecule has 0 aliphatic rings. The highest BCUT2D eigenvalue weighted by Gasteiger charge is 1.94. The van der Waals surface area contributed by atoms with E-state index in [4.69, 9.17) is 14.9 Å². The number of hydrogen-bond acceptors (Lipinski definition) is 3. The van der Waals surface area contributed by atoms with Crippen molar-refractivity contribution in [2.75, 3.05) is 6.61 Å². The average molecular weight is 226 g/mol. The monoisotopic (exact) mass is 226 g/mol. The van der Waals surface area contributed by atoms with Crippen LogP contribution in [-0.4, -0.2) is 22.9 Å². The normalized spacial score (nSPS) is 10.4. The number of hydrogen-bond donors (Lipinski definition) is 2. The molecule has 0 aliphatic heterocycles. The Labute approximate surface area is 98.1 Å². The van der Waals surface area contributed by atoms with E-state index in [1.807, 2.05) is 0 Å². The summed E-state index contributed by atoms with van der Waals surface area (Å²) in [5, 5.41) is 16.0. The van der Waals surface area contributed by atoms with Crippen LogP contribution in [0.3, 0.4) is 0 Å². The van der Waals surface area contributed by atoms with E-state index in [0.29, 0.717) is 24.4 Å². The predicted molar refractivity (Wildman–Crippen MR) is 67.8 cm³/mol. The summed E-state index contributed by atoms with van der Waals surface area (Å²) < 4.78 is 5.20. The van der Waals surface area contributed by atoms with Gasteiger partial charge in [-0.05, 0) is 6.92 Å². The molecule has 0 radical (unpaired) electrons. The largest absolute Gasteiger partial charge is 0.467 e. The molecule has 0 fully saturated rings. The molecule has 0 amide bonds. The Kier molecular flexibility index (Phi) is 12.6. The molecular weight excluding hydrogens is 204 g/mol. The fourth-order valence-corrected chi connectivity index (χ4v) is 0.609. The molecule has 0 bridgehead atoms. The van der Waals surface area contributed by atoms with E-state index in [0.717, 1.165) is 0 Å². The fourth-order valence-electron chi connectivity index (χ4n) is 0.609. The number of allylic oxidation sites excluding steroid dienone is 2. The van der Waals surface area contributed by atoms with Crippen LogP contribution in [0.2, 0.25) is 0 Å². The molecule has 1 unspecified atom stereocenters. The highest BCUT2D eigenvalue weighted by Crippen LogP contribution is 2.09. The summed E-state index contributed by atoms with van der Waals surface area (Å²) in [6, 6.07) is 0. The van der Waals surface area contributed by atoms with Crippen molar-refractivity contribution in [3.05, 3.63) is 50.0 Å². The van der Waals surface area contributed by atoms with Crippen molar-refractivity contribution >= 4 is 0 Å². The summed E-state index contributed by atoms with van der Waals surface area (Å²) in [5.41, 5.74) is 0. The van der Waals surface area contributed by atoms with Crippen molar-refractivity contribution in [3.63, 3.8) is 0 Å². The standard InChI is InChI=1S/C10H14O.C3H8O2/c1-5-7-9(3)11-10(4)8-6-2;1-3(5)2-4/h5-6H,1-4,7-8H2;3-5H,2H2,1H3. The molecule has 16 heavy (non-hydrogen) atoms. The number of aliphatic hydroxyl groups excluding tert-OH is 2. The van der Waals surface area contributed by atoms with Crippen molar-refractivity contribution in [3.8, 4) is 0 Å². The first-order valence-electron chi connectivity index (χ1n) is 5.02. The lowest BCUT2D eigenvalue weighted by atomic mass is 10.3. The summed E-state index contributed by atoms with van der Waals surface area (Å²) in [5.74, 6) is 1.35. The summed E-state index contributed by atoms with van der Waals surface area (Å²) in [6.07, 6.45) is 4.24. The Morgan fingerprint density at radius 1 is 1.19 bits per heavy atom. The van der Waals surface area contributed by atoms with Crippen LogP contribution in [0.15, 0.2) is 50.0 Å². The van der Waals surface area contributed by atoms with Crippen LogP contribution >= 0.6 is 0 Å². The van der Waals surface area contributed by atoms with E-state index in [2.05, 4.69) is 26.3 Å². The third-order valence-electron chi connectivity index (χ3n) is 1.30. The van der Waals surface area contributed by atoms with Gasteiger partial charge in [0.1, 0.15) is 11.5 Å². The molecule has 0 rings (SSSR count). The first kappa shape index (κ1) is 17.1. The van der Waals surface area contributed by atoms with E-state index in [9.17, 15) is 0 Å². The first-order chi connectivity index (χ1) is 7.47. The topological polar surface area (TPSA) is 49.7 Å². The smallest absolute Gasteiger partial charge is 0.100 e. The Bertz CT molecular complexity index is 209. The molecule has 0 aromatic carbocycles. The van der Waals surface area contributed by atoms with E-state index in [1.165, 1.54) is 6.92 Å². The van der Waals surface area contributed by atoms with Gasteiger partial charge < -0.3 is 14.9 Å². The Hall–Kier alpha value is -1.32. The van der Waals surface area contributed by atoms with Crippen LogP contribution < -0.4 is 0 Å². The van der Waals surface area contributed by atoms with E-state index < -0.39 is 6.10 Å². The van der Waals surface area contributed by atoms with Crippen molar-refractivity contribution < 1.29 is 14.9 Å². The molecular formula is C13H22O3. The molecule has 0 saturated carbocycles. The van der Waals surface area contributed by atoms with E-state index in [-0.39, 0.29) is 6.61 Å². The van der Waals surface area contributed by atoms with Gasteiger partial charge in [0.15, 0.2) is 0 Å². The minimum absolute atomic E-state index is 0.139. The Morgan fingerprint density at radius 2 is 1.50 bits per heavy atom. The van der Waals surface area contributed by atoms with E-state index >= 15 is 0 Å². The minimum atomic E-state index is -0.560. The zero-order valence-electron chi connectivity index (χ0n) is 9.98. The van der Waals surface area contributed by atoms with Gasteiger partial charge in [0.25, 0.3) is 0 Å². The predicted octanol–water partition coefficient (Wildman–Crippen LogP) is 2.54. The molecule has 0 spiro atoms. The van der Waals surface area contributed by atoms with Crippen LogP contribution in [0.1, 0.15) is 19.8 Å². The average Bonchev–Trinajstić information content (AvgIpc) is 2.19. The summed E-state index contributed by atoms with van der Waals surface area (Å²) in [6.45, 7) is 15.9. The Balaban J connectivity index is 0. The van der Waals surface area contributed by atoms with Crippen molar-refractivity contribution in [1.82, 2.24) is 0 Å². The highest BCUT2D eigenvalue weighted by molar-refractivity contribution is 4.99. The highest BCUT2D eigenvalue weighted by atomic mass is 16.5. The molecule has 0 heterocycles. The summed E-state index contributed by atoms with van der Waals surface area (Å²) in [4.78, 5) is 0. The summed E-state index contributed by atoms with van der Waals surface area (Å²) >= 11 is 0. The van der Waals surface area contributed by atoms with Crippen LogP contribution in [0.4, 0.5) is 0 Å². The number of ether oxygens (including phenoxy) is 1. The molecule has 3 nitrogen and oxygen atoms in total. The zero-order chi connectivity index (χ0) is 13.0.